The lowest BCUT2D eigenvalue weighted by atomic mass is 10.2. The SMILES string of the molecule is O=C(Nc1ccc(F)cc1F)c1ccc2snnc2c1. The Kier molecular flexibility index (Phi) is 3.11. The summed E-state index contributed by atoms with van der Waals surface area (Å²) in [5.41, 5.74) is 0.851. The molecular weight excluding hydrogens is 284 g/mol. The lowest BCUT2D eigenvalue weighted by Crippen LogP contribution is -2.13. The van der Waals surface area contributed by atoms with Crippen molar-refractivity contribution in [3.05, 3.63) is 53.6 Å². The Morgan fingerprint density at radius 3 is 2.80 bits per heavy atom. The minimum atomic E-state index is -0.824. The van der Waals surface area contributed by atoms with Gasteiger partial charge in [0.25, 0.3) is 5.91 Å². The maximum Gasteiger partial charge on any atom is 0.255 e. The van der Waals surface area contributed by atoms with Gasteiger partial charge in [0.05, 0.1) is 10.4 Å². The van der Waals surface area contributed by atoms with E-state index in [0.29, 0.717) is 17.1 Å². The normalized spacial score (nSPS) is 10.7. The molecule has 7 heteroatoms. The lowest BCUT2D eigenvalue weighted by Gasteiger charge is -2.06. The second-order valence-corrected chi connectivity index (χ2v) is 4.82. The Balaban J connectivity index is 1.88. The minimum absolute atomic E-state index is 0.0760. The zero-order chi connectivity index (χ0) is 14.1. The first-order valence-electron chi connectivity index (χ1n) is 5.62. The van der Waals surface area contributed by atoms with E-state index in [1.807, 2.05) is 0 Å². The van der Waals surface area contributed by atoms with Crippen LogP contribution in [0.15, 0.2) is 36.4 Å². The topological polar surface area (TPSA) is 54.9 Å². The van der Waals surface area contributed by atoms with Gasteiger partial charge in [0.15, 0.2) is 0 Å². The van der Waals surface area contributed by atoms with E-state index in [0.717, 1.165) is 10.8 Å². The fourth-order valence-corrected chi connectivity index (χ4v) is 2.25. The van der Waals surface area contributed by atoms with Gasteiger partial charge in [0.1, 0.15) is 17.2 Å². The van der Waals surface area contributed by atoms with Gasteiger partial charge in [0.2, 0.25) is 0 Å². The predicted molar refractivity (Wildman–Crippen MR) is 71.7 cm³/mol. The predicted octanol–water partition coefficient (Wildman–Crippen LogP) is 3.22. The molecule has 4 nitrogen and oxygen atoms in total. The number of rotatable bonds is 2. The van der Waals surface area contributed by atoms with Crippen molar-refractivity contribution in [2.45, 2.75) is 0 Å². The summed E-state index contributed by atoms with van der Waals surface area (Å²) in [6, 6.07) is 7.84. The fourth-order valence-electron chi connectivity index (χ4n) is 1.71. The number of carbonyl (C=O) groups is 1. The van der Waals surface area contributed by atoms with Crippen molar-refractivity contribution in [2.24, 2.45) is 0 Å². The number of anilines is 1. The third kappa shape index (κ3) is 2.35. The zero-order valence-corrected chi connectivity index (χ0v) is 10.7. The highest BCUT2D eigenvalue weighted by molar-refractivity contribution is 7.12. The van der Waals surface area contributed by atoms with Gasteiger partial charge in [0, 0.05) is 11.6 Å². The van der Waals surface area contributed by atoms with Gasteiger partial charge in [-0.3, -0.25) is 4.79 Å². The van der Waals surface area contributed by atoms with E-state index in [1.54, 1.807) is 18.2 Å². The zero-order valence-electron chi connectivity index (χ0n) is 9.93. The molecule has 0 radical (unpaired) electrons. The Bertz CT molecular complexity index is 803. The molecule has 1 heterocycles. The van der Waals surface area contributed by atoms with Crippen LogP contribution in [0, 0.1) is 11.6 Å². The minimum Gasteiger partial charge on any atom is -0.319 e. The van der Waals surface area contributed by atoms with Crippen LogP contribution in [0.25, 0.3) is 10.2 Å². The van der Waals surface area contributed by atoms with Crippen LogP contribution in [-0.4, -0.2) is 15.5 Å². The number of carbonyl (C=O) groups excluding carboxylic acids is 1. The van der Waals surface area contributed by atoms with E-state index < -0.39 is 17.5 Å². The molecule has 0 aliphatic heterocycles. The van der Waals surface area contributed by atoms with Crippen LogP contribution >= 0.6 is 11.5 Å². The maximum atomic E-state index is 13.5. The third-order valence-electron chi connectivity index (χ3n) is 2.69. The molecule has 1 aromatic heterocycles. The summed E-state index contributed by atoms with van der Waals surface area (Å²) in [6.45, 7) is 0. The maximum absolute atomic E-state index is 13.5. The summed E-state index contributed by atoms with van der Waals surface area (Å²) in [5, 5.41) is 6.25. The molecule has 0 aliphatic carbocycles. The van der Waals surface area contributed by atoms with Crippen LogP contribution in [0.1, 0.15) is 10.4 Å². The van der Waals surface area contributed by atoms with Crippen LogP contribution in [0.4, 0.5) is 14.5 Å². The first-order valence-corrected chi connectivity index (χ1v) is 6.39. The smallest absolute Gasteiger partial charge is 0.255 e. The molecule has 3 rings (SSSR count). The van der Waals surface area contributed by atoms with Gasteiger partial charge in [-0.1, -0.05) is 4.49 Å². The van der Waals surface area contributed by atoms with Crippen molar-refractivity contribution in [1.29, 1.82) is 0 Å². The molecule has 20 heavy (non-hydrogen) atoms. The van der Waals surface area contributed by atoms with Gasteiger partial charge in [-0.25, -0.2) is 8.78 Å². The Hall–Kier alpha value is -2.41. The fraction of sp³-hybridized carbons (Fsp3) is 0. The standard InChI is InChI=1S/C13H7F2N3OS/c14-8-2-3-10(9(15)6-8)16-13(19)7-1-4-12-11(5-7)17-18-20-12/h1-6H,(H,16,19). The van der Waals surface area contributed by atoms with E-state index in [2.05, 4.69) is 14.9 Å². The molecule has 3 aromatic rings. The van der Waals surface area contributed by atoms with Crippen molar-refractivity contribution in [3.63, 3.8) is 0 Å². The van der Waals surface area contributed by atoms with E-state index in [-0.39, 0.29) is 5.69 Å². The Morgan fingerprint density at radius 1 is 1.15 bits per heavy atom. The van der Waals surface area contributed by atoms with E-state index >= 15 is 0 Å². The number of hydrogen-bond donors (Lipinski definition) is 1. The van der Waals surface area contributed by atoms with Crippen molar-refractivity contribution >= 4 is 33.3 Å². The third-order valence-corrected chi connectivity index (χ3v) is 3.39. The molecule has 2 aromatic carbocycles. The largest absolute Gasteiger partial charge is 0.319 e. The van der Waals surface area contributed by atoms with Crippen LogP contribution in [0.2, 0.25) is 0 Å². The summed E-state index contributed by atoms with van der Waals surface area (Å²) in [5.74, 6) is -2.02. The summed E-state index contributed by atoms with van der Waals surface area (Å²) in [4.78, 5) is 12.0. The summed E-state index contributed by atoms with van der Waals surface area (Å²) in [6.07, 6.45) is 0. The van der Waals surface area contributed by atoms with Gasteiger partial charge < -0.3 is 5.32 Å². The van der Waals surface area contributed by atoms with E-state index in [9.17, 15) is 13.6 Å². The molecule has 0 saturated heterocycles. The first kappa shape index (κ1) is 12.6. The van der Waals surface area contributed by atoms with Gasteiger partial charge in [-0.05, 0) is 41.9 Å². The van der Waals surface area contributed by atoms with Gasteiger partial charge >= 0.3 is 0 Å². The molecule has 1 N–H and O–H groups in total. The highest BCUT2D eigenvalue weighted by Crippen LogP contribution is 2.19. The molecule has 0 spiro atoms. The van der Waals surface area contributed by atoms with Crippen molar-refractivity contribution < 1.29 is 13.6 Å². The molecule has 0 aliphatic rings. The van der Waals surface area contributed by atoms with Crippen LogP contribution in [0.3, 0.4) is 0 Å². The second-order valence-electron chi connectivity index (χ2n) is 4.03. The molecule has 0 saturated carbocycles. The summed E-state index contributed by atoms with van der Waals surface area (Å²) in [7, 11) is 0. The summed E-state index contributed by atoms with van der Waals surface area (Å²) < 4.78 is 30.9. The quantitative estimate of drug-likeness (QED) is 0.788. The highest BCUT2D eigenvalue weighted by atomic mass is 32.1. The van der Waals surface area contributed by atoms with E-state index in [1.165, 1.54) is 17.6 Å². The summed E-state index contributed by atoms with van der Waals surface area (Å²) >= 11 is 1.22. The molecule has 0 unspecified atom stereocenters. The number of hydrogen-bond acceptors (Lipinski definition) is 4. The monoisotopic (exact) mass is 291 g/mol. The Labute approximate surface area is 116 Å². The number of aromatic nitrogens is 2. The van der Waals surface area contributed by atoms with Crippen molar-refractivity contribution in [1.82, 2.24) is 9.59 Å². The molecule has 0 atom stereocenters. The van der Waals surface area contributed by atoms with Crippen LogP contribution < -0.4 is 5.32 Å². The average Bonchev–Trinajstić information content (AvgIpc) is 2.89. The number of fused-ring (bicyclic) bond motifs is 1. The number of benzene rings is 2. The number of amides is 1. The van der Waals surface area contributed by atoms with E-state index in [4.69, 9.17) is 0 Å². The Morgan fingerprint density at radius 2 is 2.00 bits per heavy atom. The molecular formula is C13H7F2N3OS. The second kappa shape index (κ2) is 4.93. The number of nitrogens with one attached hydrogen (secondary N) is 1. The van der Waals surface area contributed by atoms with Gasteiger partial charge in [-0.2, -0.15) is 0 Å². The van der Waals surface area contributed by atoms with Crippen LogP contribution in [0.5, 0.6) is 0 Å². The molecule has 0 bridgehead atoms. The lowest BCUT2D eigenvalue weighted by molar-refractivity contribution is 0.102. The van der Waals surface area contributed by atoms with Crippen molar-refractivity contribution in [3.8, 4) is 0 Å². The molecule has 100 valence electrons. The average molecular weight is 291 g/mol. The van der Waals surface area contributed by atoms with Crippen molar-refractivity contribution in [2.75, 3.05) is 5.32 Å². The first-order chi connectivity index (χ1) is 9.63. The van der Waals surface area contributed by atoms with Gasteiger partial charge in [-0.15, -0.1) is 5.10 Å². The molecule has 0 fully saturated rings. The molecule has 1 amide bonds. The van der Waals surface area contributed by atoms with Crippen LogP contribution in [-0.2, 0) is 0 Å². The number of halogens is 2. The number of nitrogens with zero attached hydrogens (tertiary/aromatic N) is 2. The highest BCUT2D eigenvalue weighted by Gasteiger charge is 2.11.